The Hall–Kier alpha value is -2.59. The highest BCUT2D eigenvalue weighted by Crippen LogP contribution is 2.03. The predicted octanol–water partition coefficient (Wildman–Crippen LogP) is -1.46. The van der Waals surface area contributed by atoms with Gasteiger partial charge in [0, 0.05) is 31.7 Å². The molecule has 1 rings (SSSR count). The summed E-state index contributed by atoms with van der Waals surface area (Å²) in [4.78, 5) is 57.3. The molecule has 0 unspecified atom stereocenters. The first-order valence-corrected chi connectivity index (χ1v) is 8.68. The van der Waals surface area contributed by atoms with Crippen LogP contribution in [0, 0.1) is 0 Å². The molecule has 2 N–H and O–H groups in total. The minimum Gasteiger partial charge on any atom is -0.377 e. The third-order valence-electron chi connectivity index (χ3n) is 3.59. The number of imide groups is 1. The second kappa shape index (κ2) is 12.7. The first-order valence-electron chi connectivity index (χ1n) is 8.68. The maximum atomic E-state index is 11.6. The number of hydrogen-bond donors (Lipinski definition) is 2. The van der Waals surface area contributed by atoms with Crippen LogP contribution >= 0.6 is 0 Å². The van der Waals surface area contributed by atoms with Gasteiger partial charge in [0.2, 0.25) is 11.8 Å². The van der Waals surface area contributed by atoms with Crippen molar-refractivity contribution in [2.45, 2.75) is 25.8 Å². The lowest BCUT2D eigenvalue weighted by Crippen LogP contribution is -2.38. The van der Waals surface area contributed by atoms with Gasteiger partial charge in [-0.3, -0.25) is 24.1 Å². The zero-order valence-electron chi connectivity index (χ0n) is 15.3. The fourth-order valence-corrected chi connectivity index (χ4v) is 2.08. The molecule has 0 aromatic heterocycles. The summed E-state index contributed by atoms with van der Waals surface area (Å²) in [5.74, 6) is -1.49. The molecule has 150 valence electrons. The van der Waals surface area contributed by atoms with Crippen molar-refractivity contribution < 1.29 is 33.4 Å². The summed E-state index contributed by atoms with van der Waals surface area (Å²) in [6.45, 7) is 2.64. The van der Waals surface area contributed by atoms with E-state index in [0.29, 0.717) is 12.7 Å². The lowest BCUT2D eigenvalue weighted by Gasteiger charge is -2.13. The van der Waals surface area contributed by atoms with Crippen LogP contribution in [0.15, 0.2) is 12.2 Å². The highest BCUT2D eigenvalue weighted by molar-refractivity contribution is 6.13. The SMILES string of the molecule is CC[C@@H](C=O)NC(=O)COCCOCCNC(=O)CCN1C(=O)C=CC1=O. The zero-order chi connectivity index (χ0) is 20.1. The quantitative estimate of drug-likeness (QED) is 0.213. The average Bonchev–Trinajstić information content (AvgIpc) is 2.97. The normalized spacial score (nSPS) is 14.3. The van der Waals surface area contributed by atoms with Gasteiger partial charge in [-0.15, -0.1) is 0 Å². The van der Waals surface area contributed by atoms with Crippen LogP contribution in [0.4, 0.5) is 0 Å². The number of amides is 4. The number of nitrogens with one attached hydrogen (secondary N) is 2. The third kappa shape index (κ3) is 9.06. The van der Waals surface area contributed by atoms with Crippen molar-refractivity contribution in [3.63, 3.8) is 0 Å². The topological polar surface area (TPSA) is 131 Å². The Kier molecular flexibility index (Phi) is 10.6. The van der Waals surface area contributed by atoms with Crippen molar-refractivity contribution in [2.24, 2.45) is 0 Å². The van der Waals surface area contributed by atoms with E-state index in [9.17, 15) is 24.0 Å². The Balaban J connectivity index is 1.96. The van der Waals surface area contributed by atoms with Gasteiger partial charge in [-0.05, 0) is 6.42 Å². The molecule has 10 nitrogen and oxygen atoms in total. The van der Waals surface area contributed by atoms with Gasteiger partial charge < -0.3 is 24.9 Å². The van der Waals surface area contributed by atoms with Crippen LogP contribution in [0.5, 0.6) is 0 Å². The van der Waals surface area contributed by atoms with E-state index in [1.54, 1.807) is 6.92 Å². The number of carbonyl (C=O) groups is 5. The number of carbonyl (C=O) groups excluding carboxylic acids is 5. The van der Waals surface area contributed by atoms with E-state index in [2.05, 4.69) is 10.6 Å². The first kappa shape index (κ1) is 22.5. The molecule has 0 spiro atoms. The molecule has 10 heteroatoms. The number of rotatable bonds is 14. The van der Waals surface area contributed by atoms with E-state index in [-0.39, 0.29) is 57.8 Å². The van der Waals surface area contributed by atoms with Gasteiger partial charge in [-0.25, -0.2) is 0 Å². The highest BCUT2D eigenvalue weighted by atomic mass is 16.5. The minimum atomic E-state index is -0.501. The molecule has 0 fully saturated rings. The van der Waals surface area contributed by atoms with Crippen molar-refractivity contribution in [3.05, 3.63) is 12.2 Å². The summed E-state index contributed by atoms with van der Waals surface area (Å²) in [5, 5.41) is 5.12. The molecule has 0 aliphatic carbocycles. The van der Waals surface area contributed by atoms with Crippen LogP contribution < -0.4 is 10.6 Å². The zero-order valence-corrected chi connectivity index (χ0v) is 15.3. The minimum absolute atomic E-state index is 0.0247. The van der Waals surface area contributed by atoms with Crippen molar-refractivity contribution >= 4 is 29.9 Å². The number of aldehydes is 1. The molecule has 4 amide bonds. The summed E-state index contributed by atoms with van der Waals surface area (Å²) < 4.78 is 10.4. The van der Waals surface area contributed by atoms with E-state index in [0.717, 1.165) is 4.90 Å². The monoisotopic (exact) mass is 383 g/mol. The van der Waals surface area contributed by atoms with Crippen molar-refractivity contribution in [1.29, 1.82) is 0 Å². The molecule has 1 aliphatic rings. The Morgan fingerprint density at radius 2 is 1.78 bits per heavy atom. The molecular weight excluding hydrogens is 358 g/mol. The largest absolute Gasteiger partial charge is 0.377 e. The Bertz CT molecular complexity index is 559. The van der Waals surface area contributed by atoms with Crippen LogP contribution in [0.2, 0.25) is 0 Å². The number of hydrogen-bond acceptors (Lipinski definition) is 7. The Labute approximate surface area is 157 Å². The van der Waals surface area contributed by atoms with E-state index in [1.807, 2.05) is 0 Å². The van der Waals surface area contributed by atoms with Gasteiger partial charge in [0.25, 0.3) is 11.8 Å². The summed E-state index contributed by atoms with van der Waals surface area (Å²) in [5.41, 5.74) is 0. The molecule has 0 bridgehead atoms. The van der Waals surface area contributed by atoms with Gasteiger partial charge in [0.15, 0.2) is 0 Å². The molecule has 1 atom stereocenters. The molecule has 1 aliphatic heterocycles. The van der Waals surface area contributed by atoms with Gasteiger partial charge in [-0.2, -0.15) is 0 Å². The Morgan fingerprint density at radius 3 is 2.41 bits per heavy atom. The first-order chi connectivity index (χ1) is 13.0. The molecule has 0 aromatic rings. The molecule has 0 radical (unpaired) electrons. The molecule has 27 heavy (non-hydrogen) atoms. The van der Waals surface area contributed by atoms with Crippen LogP contribution in [-0.2, 0) is 33.4 Å². The summed E-state index contributed by atoms with van der Waals surface area (Å²) in [6.07, 6.45) is 3.56. The molecule has 0 saturated heterocycles. The summed E-state index contributed by atoms with van der Waals surface area (Å²) in [7, 11) is 0. The number of ether oxygens (including phenoxy) is 2. The van der Waals surface area contributed by atoms with E-state index < -0.39 is 17.9 Å². The fraction of sp³-hybridized carbons (Fsp3) is 0.588. The third-order valence-corrected chi connectivity index (χ3v) is 3.59. The summed E-state index contributed by atoms with van der Waals surface area (Å²) >= 11 is 0. The second-order valence-corrected chi connectivity index (χ2v) is 5.64. The van der Waals surface area contributed by atoms with E-state index in [4.69, 9.17) is 9.47 Å². The predicted molar refractivity (Wildman–Crippen MR) is 93.4 cm³/mol. The fourth-order valence-electron chi connectivity index (χ4n) is 2.08. The maximum Gasteiger partial charge on any atom is 0.253 e. The number of nitrogens with zero attached hydrogens (tertiary/aromatic N) is 1. The van der Waals surface area contributed by atoms with E-state index >= 15 is 0 Å². The van der Waals surface area contributed by atoms with Gasteiger partial charge in [0.1, 0.15) is 12.9 Å². The van der Waals surface area contributed by atoms with Crippen molar-refractivity contribution in [2.75, 3.05) is 39.5 Å². The lowest BCUT2D eigenvalue weighted by atomic mass is 10.2. The van der Waals surface area contributed by atoms with Crippen molar-refractivity contribution in [1.82, 2.24) is 15.5 Å². The standard InChI is InChI=1S/C17H25N3O7/c1-2-13(11-21)19-15(23)12-27-10-9-26-8-6-18-14(22)5-7-20-16(24)3-4-17(20)25/h3-4,11,13H,2,5-10,12H2,1H3,(H,18,22)(H,19,23)/t13-/m0/s1. The maximum absolute atomic E-state index is 11.6. The van der Waals surface area contributed by atoms with Crippen molar-refractivity contribution in [3.8, 4) is 0 Å². The van der Waals surface area contributed by atoms with Crippen LogP contribution in [0.25, 0.3) is 0 Å². The second-order valence-electron chi connectivity index (χ2n) is 5.64. The van der Waals surface area contributed by atoms with Crippen LogP contribution in [0.3, 0.4) is 0 Å². The molecule has 0 aromatic carbocycles. The van der Waals surface area contributed by atoms with Gasteiger partial charge in [0.05, 0.1) is 25.9 Å². The van der Waals surface area contributed by atoms with E-state index in [1.165, 1.54) is 12.2 Å². The Morgan fingerprint density at radius 1 is 1.11 bits per heavy atom. The smallest absolute Gasteiger partial charge is 0.253 e. The molecular formula is C17H25N3O7. The molecule has 0 saturated carbocycles. The lowest BCUT2D eigenvalue weighted by molar-refractivity contribution is -0.137. The highest BCUT2D eigenvalue weighted by Gasteiger charge is 2.23. The van der Waals surface area contributed by atoms with Gasteiger partial charge in [-0.1, -0.05) is 6.92 Å². The average molecular weight is 383 g/mol. The van der Waals surface area contributed by atoms with Crippen LogP contribution in [0.1, 0.15) is 19.8 Å². The van der Waals surface area contributed by atoms with Crippen LogP contribution in [-0.4, -0.2) is 80.4 Å². The van der Waals surface area contributed by atoms with Gasteiger partial charge >= 0.3 is 0 Å². The summed E-state index contributed by atoms with van der Waals surface area (Å²) in [6, 6.07) is -0.501. The molecule has 1 heterocycles.